The third-order valence-electron chi connectivity index (χ3n) is 3.50. The van der Waals surface area contributed by atoms with Crippen LogP contribution in [0.4, 0.5) is 0 Å². The van der Waals surface area contributed by atoms with E-state index in [0.717, 1.165) is 24.0 Å². The Hall–Kier alpha value is -0.380. The summed E-state index contributed by atoms with van der Waals surface area (Å²) in [4.78, 5) is 0. The van der Waals surface area contributed by atoms with Gasteiger partial charge in [0.25, 0.3) is 0 Å². The quantitative estimate of drug-likeness (QED) is 0.531. The third-order valence-corrected chi connectivity index (χ3v) is 3.99. The van der Waals surface area contributed by atoms with Gasteiger partial charge in [0.15, 0.2) is 0 Å². The molecule has 1 aromatic carbocycles. The fourth-order valence-electron chi connectivity index (χ4n) is 2.25. The molecule has 0 radical (unpaired) electrons. The monoisotopic (exact) mass is 355 g/mol. The second kappa shape index (κ2) is 11.2. The average molecular weight is 356 g/mol. The van der Waals surface area contributed by atoms with E-state index in [2.05, 4.69) is 66.3 Å². The van der Waals surface area contributed by atoms with Crippen molar-refractivity contribution in [1.29, 1.82) is 0 Å². The maximum absolute atomic E-state index is 6.13. The SMILES string of the molecule is CCCCCCCOC(CNC(C)C)c1cccc(Br)c1. The molecule has 0 aliphatic carbocycles. The first kappa shape index (κ1) is 18.7. The molecule has 1 unspecified atom stereocenters. The summed E-state index contributed by atoms with van der Waals surface area (Å²) in [5.41, 5.74) is 1.24. The summed E-state index contributed by atoms with van der Waals surface area (Å²) in [5, 5.41) is 3.48. The van der Waals surface area contributed by atoms with E-state index in [9.17, 15) is 0 Å². The Morgan fingerprint density at radius 1 is 1.14 bits per heavy atom. The molecule has 0 aliphatic rings. The number of ether oxygens (including phenoxy) is 1. The third kappa shape index (κ3) is 8.60. The van der Waals surface area contributed by atoms with Crippen molar-refractivity contribution in [2.75, 3.05) is 13.2 Å². The van der Waals surface area contributed by atoms with Crippen LogP contribution in [0, 0.1) is 0 Å². The summed E-state index contributed by atoms with van der Waals surface area (Å²) >= 11 is 3.54. The standard InChI is InChI=1S/C18H30BrNO/c1-4-5-6-7-8-12-21-18(14-20-15(2)3)16-10-9-11-17(19)13-16/h9-11,13,15,18,20H,4-8,12,14H2,1-3H3. The van der Waals surface area contributed by atoms with E-state index in [1.54, 1.807) is 0 Å². The van der Waals surface area contributed by atoms with Crippen LogP contribution in [0.3, 0.4) is 0 Å². The van der Waals surface area contributed by atoms with Crippen LogP contribution in [0.2, 0.25) is 0 Å². The van der Waals surface area contributed by atoms with Crippen molar-refractivity contribution in [3.05, 3.63) is 34.3 Å². The van der Waals surface area contributed by atoms with Gasteiger partial charge in [-0.15, -0.1) is 0 Å². The van der Waals surface area contributed by atoms with Crippen LogP contribution in [0.5, 0.6) is 0 Å². The smallest absolute Gasteiger partial charge is 0.0949 e. The zero-order chi connectivity index (χ0) is 15.5. The van der Waals surface area contributed by atoms with E-state index in [0.29, 0.717) is 6.04 Å². The molecule has 0 heterocycles. The summed E-state index contributed by atoms with van der Waals surface area (Å²) in [6.45, 7) is 8.30. The van der Waals surface area contributed by atoms with E-state index < -0.39 is 0 Å². The first-order valence-corrected chi connectivity index (χ1v) is 9.03. The first-order valence-electron chi connectivity index (χ1n) is 8.24. The first-order chi connectivity index (χ1) is 10.1. The lowest BCUT2D eigenvalue weighted by molar-refractivity contribution is 0.0485. The van der Waals surface area contributed by atoms with Crippen molar-refractivity contribution >= 4 is 15.9 Å². The van der Waals surface area contributed by atoms with Crippen LogP contribution < -0.4 is 5.32 Å². The van der Waals surface area contributed by atoms with Crippen LogP contribution in [0.25, 0.3) is 0 Å². The van der Waals surface area contributed by atoms with Gasteiger partial charge in [-0.1, -0.05) is 74.5 Å². The number of halogens is 1. The molecular weight excluding hydrogens is 326 g/mol. The molecule has 1 aromatic rings. The number of hydrogen-bond donors (Lipinski definition) is 1. The largest absolute Gasteiger partial charge is 0.372 e. The second-order valence-electron chi connectivity index (χ2n) is 5.89. The lowest BCUT2D eigenvalue weighted by Gasteiger charge is -2.21. The predicted molar refractivity (Wildman–Crippen MR) is 94.7 cm³/mol. The second-order valence-corrected chi connectivity index (χ2v) is 6.81. The zero-order valence-electron chi connectivity index (χ0n) is 13.7. The summed E-state index contributed by atoms with van der Waals surface area (Å²) in [5.74, 6) is 0. The highest BCUT2D eigenvalue weighted by Crippen LogP contribution is 2.21. The van der Waals surface area contributed by atoms with E-state index in [1.165, 1.54) is 31.2 Å². The molecule has 1 atom stereocenters. The minimum atomic E-state index is 0.135. The molecule has 1 N–H and O–H groups in total. The van der Waals surface area contributed by atoms with Crippen molar-refractivity contribution in [2.45, 2.75) is 65.0 Å². The summed E-state index contributed by atoms with van der Waals surface area (Å²) in [7, 11) is 0. The minimum Gasteiger partial charge on any atom is -0.372 e. The van der Waals surface area contributed by atoms with E-state index in [4.69, 9.17) is 4.74 Å². The molecule has 0 saturated heterocycles. The summed E-state index contributed by atoms with van der Waals surface area (Å²) in [6, 6.07) is 8.92. The number of hydrogen-bond acceptors (Lipinski definition) is 2. The van der Waals surface area contributed by atoms with Crippen LogP contribution in [-0.4, -0.2) is 19.2 Å². The Labute approximate surface area is 138 Å². The molecule has 2 nitrogen and oxygen atoms in total. The van der Waals surface area contributed by atoms with Gasteiger partial charge >= 0.3 is 0 Å². The lowest BCUT2D eigenvalue weighted by Crippen LogP contribution is -2.29. The lowest BCUT2D eigenvalue weighted by atomic mass is 10.1. The fraction of sp³-hybridized carbons (Fsp3) is 0.667. The van der Waals surface area contributed by atoms with Crippen LogP contribution in [-0.2, 0) is 4.74 Å². The van der Waals surface area contributed by atoms with Crippen molar-refractivity contribution in [3.63, 3.8) is 0 Å². The average Bonchev–Trinajstić information content (AvgIpc) is 2.45. The Balaban J connectivity index is 2.45. The van der Waals surface area contributed by atoms with Gasteiger partial charge in [-0.3, -0.25) is 0 Å². The van der Waals surface area contributed by atoms with E-state index in [-0.39, 0.29) is 6.10 Å². The van der Waals surface area contributed by atoms with Gasteiger partial charge < -0.3 is 10.1 Å². The number of nitrogens with one attached hydrogen (secondary N) is 1. The van der Waals surface area contributed by atoms with Gasteiger partial charge in [0, 0.05) is 23.7 Å². The molecule has 0 bridgehead atoms. The van der Waals surface area contributed by atoms with Gasteiger partial charge in [-0.2, -0.15) is 0 Å². The Bertz CT molecular complexity index is 381. The zero-order valence-corrected chi connectivity index (χ0v) is 15.3. The highest BCUT2D eigenvalue weighted by Gasteiger charge is 2.12. The number of unbranched alkanes of at least 4 members (excludes halogenated alkanes) is 4. The molecule has 0 spiro atoms. The maximum atomic E-state index is 6.13. The van der Waals surface area contributed by atoms with Gasteiger partial charge in [0.2, 0.25) is 0 Å². The molecule has 21 heavy (non-hydrogen) atoms. The summed E-state index contributed by atoms with van der Waals surface area (Å²) in [6.07, 6.45) is 6.52. The van der Waals surface area contributed by atoms with E-state index in [1.807, 2.05) is 0 Å². The van der Waals surface area contributed by atoms with E-state index >= 15 is 0 Å². The number of benzene rings is 1. The van der Waals surface area contributed by atoms with Crippen molar-refractivity contribution in [3.8, 4) is 0 Å². The predicted octanol–water partition coefficient (Wildman–Crippen LogP) is 5.48. The highest BCUT2D eigenvalue weighted by molar-refractivity contribution is 9.10. The van der Waals surface area contributed by atoms with Crippen molar-refractivity contribution < 1.29 is 4.74 Å². The van der Waals surface area contributed by atoms with Crippen LogP contribution in [0.1, 0.15) is 64.5 Å². The molecular formula is C18H30BrNO. The minimum absolute atomic E-state index is 0.135. The van der Waals surface area contributed by atoms with Crippen LogP contribution in [0.15, 0.2) is 28.7 Å². The molecule has 0 aliphatic heterocycles. The van der Waals surface area contributed by atoms with Gasteiger partial charge in [-0.25, -0.2) is 0 Å². The van der Waals surface area contributed by atoms with Crippen LogP contribution >= 0.6 is 15.9 Å². The van der Waals surface area contributed by atoms with Gasteiger partial charge in [0.05, 0.1) is 6.10 Å². The van der Waals surface area contributed by atoms with Crippen molar-refractivity contribution in [2.24, 2.45) is 0 Å². The normalized spacial score (nSPS) is 12.8. The Morgan fingerprint density at radius 2 is 1.90 bits per heavy atom. The molecule has 0 saturated carbocycles. The topological polar surface area (TPSA) is 21.3 Å². The maximum Gasteiger partial charge on any atom is 0.0949 e. The Kier molecular flexibility index (Phi) is 9.98. The highest BCUT2D eigenvalue weighted by atomic mass is 79.9. The Morgan fingerprint density at radius 3 is 2.57 bits per heavy atom. The molecule has 1 rings (SSSR count). The fourth-order valence-corrected chi connectivity index (χ4v) is 2.67. The molecule has 3 heteroatoms. The molecule has 0 fully saturated rings. The molecule has 0 aromatic heterocycles. The van der Waals surface area contributed by atoms with Gasteiger partial charge in [0.1, 0.15) is 0 Å². The molecule has 0 amide bonds. The van der Waals surface area contributed by atoms with Crippen molar-refractivity contribution in [1.82, 2.24) is 5.32 Å². The number of rotatable bonds is 11. The van der Waals surface area contributed by atoms with Gasteiger partial charge in [-0.05, 0) is 24.1 Å². The summed E-state index contributed by atoms with van der Waals surface area (Å²) < 4.78 is 7.24. The molecule has 120 valence electrons.